The predicted molar refractivity (Wildman–Crippen MR) is 82.3 cm³/mol. The largest absolute Gasteiger partial charge is 0.481 e. The van der Waals surface area contributed by atoms with Gasteiger partial charge in [-0.1, -0.05) is 25.1 Å². The van der Waals surface area contributed by atoms with Crippen molar-refractivity contribution in [1.82, 2.24) is 0 Å². The number of anilines is 1. The van der Waals surface area contributed by atoms with Gasteiger partial charge in [-0.3, -0.25) is 4.79 Å². The number of ether oxygens (including phenoxy) is 3. The molecule has 1 amide bonds. The second-order valence-electron chi connectivity index (χ2n) is 4.89. The van der Waals surface area contributed by atoms with Crippen molar-refractivity contribution in [2.75, 3.05) is 12.1 Å². The summed E-state index contributed by atoms with van der Waals surface area (Å²) in [7, 11) is 0. The molecule has 3 rings (SSSR count). The molecule has 1 aliphatic heterocycles. The van der Waals surface area contributed by atoms with Crippen molar-refractivity contribution in [2.24, 2.45) is 0 Å². The van der Waals surface area contributed by atoms with Crippen molar-refractivity contribution in [1.29, 1.82) is 0 Å². The third-order valence-electron chi connectivity index (χ3n) is 3.32. The SMILES string of the molecule is CC[C@@H](Oc1ccccc1)C(=O)Nc1ccc2c(c1)OCO2. The van der Waals surface area contributed by atoms with Gasteiger partial charge >= 0.3 is 0 Å². The van der Waals surface area contributed by atoms with Gasteiger partial charge in [-0.2, -0.15) is 0 Å². The Morgan fingerprint density at radius 1 is 1.18 bits per heavy atom. The molecule has 1 aliphatic rings. The van der Waals surface area contributed by atoms with Crippen LogP contribution >= 0.6 is 0 Å². The third-order valence-corrected chi connectivity index (χ3v) is 3.32. The van der Waals surface area contributed by atoms with Crippen molar-refractivity contribution in [3.05, 3.63) is 48.5 Å². The summed E-state index contributed by atoms with van der Waals surface area (Å²) >= 11 is 0. The van der Waals surface area contributed by atoms with E-state index in [4.69, 9.17) is 14.2 Å². The van der Waals surface area contributed by atoms with Gasteiger partial charge in [0.25, 0.3) is 5.91 Å². The summed E-state index contributed by atoms with van der Waals surface area (Å²) in [4.78, 5) is 12.3. The first-order valence-corrected chi connectivity index (χ1v) is 7.18. The van der Waals surface area contributed by atoms with Crippen molar-refractivity contribution in [3.8, 4) is 17.2 Å². The second kappa shape index (κ2) is 6.39. The van der Waals surface area contributed by atoms with Crippen molar-refractivity contribution in [3.63, 3.8) is 0 Å². The molecule has 5 heteroatoms. The summed E-state index contributed by atoms with van der Waals surface area (Å²) in [5.41, 5.74) is 0.657. The van der Waals surface area contributed by atoms with Crippen LogP contribution in [0.1, 0.15) is 13.3 Å². The maximum absolute atomic E-state index is 12.3. The number of hydrogen-bond donors (Lipinski definition) is 1. The number of para-hydroxylation sites is 1. The molecule has 1 atom stereocenters. The Morgan fingerprint density at radius 2 is 1.95 bits per heavy atom. The first-order valence-electron chi connectivity index (χ1n) is 7.18. The number of benzene rings is 2. The monoisotopic (exact) mass is 299 g/mol. The van der Waals surface area contributed by atoms with Crippen LogP contribution in [-0.4, -0.2) is 18.8 Å². The molecule has 114 valence electrons. The van der Waals surface area contributed by atoms with E-state index in [1.165, 1.54) is 0 Å². The molecule has 0 aliphatic carbocycles. The third kappa shape index (κ3) is 3.14. The van der Waals surface area contributed by atoms with Crippen molar-refractivity contribution < 1.29 is 19.0 Å². The van der Waals surface area contributed by atoms with Gasteiger partial charge in [0.1, 0.15) is 5.75 Å². The second-order valence-corrected chi connectivity index (χ2v) is 4.89. The van der Waals surface area contributed by atoms with Gasteiger partial charge in [-0.25, -0.2) is 0 Å². The highest BCUT2D eigenvalue weighted by Gasteiger charge is 2.20. The van der Waals surface area contributed by atoms with Gasteiger partial charge < -0.3 is 19.5 Å². The van der Waals surface area contributed by atoms with Gasteiger partial charge in [0, 0.05) is 11.8 Å². The highest BCUT2D eigenvalue weighted by molar-refractivity contribution is 5.94. The standard InChI is InChI=1S/C17H17NO4/c1-2-14(22-13-6-4-3-5-7-13)17(19)18-12-8-9-15-16(10-12)21-11-20-15/h3-10,14H,2,11H2,1H3,(H,18,19)/t14-/m1/s1. The van der Waals surface area contributed by atoms with E-state index in [0.29, 0.717) is 29.4 Å². The lowest BCUT2D eigenvalue weighted by Crippen LogP contribution is -2.32. The average molecular weight is 299 g/mol. The zero-order valence-corrected chi connectivity index (χ0v) is 12.2. The normalized spacial score (nSPS) is 13.5. The molecular formula is C17H17NO4. The van der Waals surface area contributed by atoms with Crippen molar-refractivity contribution in [2.45, 2.75) is 19.4 Å². The minimum absolute atomic E-state index is 0.190. The van der Waals surface area contributed by atoms with Gasteiger partial charge in [0.15, 0.2) is 17.6 Å². The Bertz CT molecular complexity index is 657. The maximum Gasteiger partial charge on any atom is 0.265 e. The minimum atomic E-state index is -0.548. The Hall–Kier alpha value is -2.69. The highest BCUT2D eigenvalue weighted by atomic mass is 16.7. The first-order chi connectivity index (χ1) is 10.8. The molecule has 0 aromatic heterocycles. The van der Waals surface area contributed by atoms with E-state index in [1.807, 2.05) is 37.3 Å². The lowest BCUT2D eigenvalue weighted by Gasteiger charge is -2.17. The van der Waals surface area contributed by atoms with Gasteiger partial charge in [-0.05, 0) is 30.7 Å². The number of fused-ring (bicyclic) bond motifs is 1. The Balaban J connectivity index is 1.67. The summed E-state index contributed by atoms with van der Waals surface area (Å²) in [5.74, 6) is 1.81. The topological polar surface area (TPSA) is 56.8 Å². The summed E-state index contributed by atoms with van der Waals surface area (Å²) in [6, 6.07) is 14.6. The maximum atomic E-state index is 12.3. The van der Waals surface area contributed by atoms with Crippen LogP contribution < -0.4 is 19.5 Å². The molecule has 0 bridgehead atoms. The number of rotatable bonds is 5. The van der Waals surface area contributed by atoms with Crippen LogP contribution in [0.25, 0.3) is 0 Å². The Labute approximate surface area is 128 Å². The molecule has 1 N–H and O–H groups in total. The molecule has 0 unspecified atom stereocenters. The van der Waals surface area contributed by atoms with Crippen LogP contribution in [-0.2, 0) is 4.79 Å². The van der Waals surface area contributed by atoms with Crippen molar-refractivity contribution >= 4 is 11.6 Å². The van der Waals surface area contributed by atoms with Crippen LogP contribution in [0.4, 0.5) is 5.69 Å². The fraction of sp³-hybridized carbons (Fsp3) is 0.235. The number of hydrogen-bond acceptors (Lipinski definition) is 4. The molecule has 0 fully saturated rings. The summed E-state index contributed by atoms with van der Waals surface area (Å²) in [6.45, 7) is 2.12. The van der Waals surface area contributed by atoms with Gasteiger partial charge in [0.2, 0.25) is 6.79 Å². The van der Waals surface area contributed by atoms with Crippen LogP contribution in [0.2, 0.25) is 0 Å². The lowest BCUT2D eigenvalue weighted by molar-refractivity contribution is -0.122. The minimum Gasteiger partial charge on any atom is -0.481 e. The first kappa shape index (κ1) is 14.3. The van der Waals surface area contributed by atoms with Crippen LogP contribution in [0.5, 0.6) is 17.2 Å². The van der Waals surface area contributed by atoms with Gasteiger partial charge in [-0.15, -0.1) is 0 Å². The number of carbonyl (C=O) groups is 1. The smallest absolute Gasteiger partial charge is 0.265 e. The van der Waals surface area contributed by atoms with Crippen LogP contribution in [0.3, 0.4) is 0 Å². The molecule has 2 aromatic rings. The highest BCUT2D eigenvalue weighted by Crippen LogP contribution is 2.34. The van der Waals surface area contributed by atoms with E-state index in [1.54, 1.807) is 18.2 Å². The molecule has 1 heterocycles. The van der Waals surface area contributed by atoms with Gasteiger partial charge in [0.05, 0.1) is 0 Å². The zero-order valence-electron chi connectivity index (χ0n) is 12.2. The number of nitrogens with one attached hydrogen (secondary N) is 1. The van der Waals surface area contributed by atoms with E-state index < -0.39 is 6.10 Å². The summed E-state index contributed by atoms with van der Waals surface area (Å²) in [5, 5.41) is 2.84. The molecule has 22 heavy (non-hydrogen) atoms. The Kier molecular flexibility index (Phi) is 4.14. The molecule has 5 nitrogen and oxygen atoms in total. The van der Waals surface area contributed by atoms with E-state index >= 15 is 0 Å². The molecule has 0 radical (unpaired) electrons. The molecule has 0 saturated carbocycles. The average Bonchev–Trinajstić information content (AvgIpc) is 3.01. The van der Waals surface area contributed by atoms with E-state index in [-0.39, 0.29) is 12.7 Å². The summed E-state index contributed by atoms with van der Waals surface area (Å²) < 4.78 is 16.3. The zero-order chi connectivity index (χ0) is 15.4. The predicted octanol–water partition coefficient (Wildman–Crippen LogP) is 3.21. The lowest BCUT2D eigenvalue weighted by atomic mass is 10.2. The summed E-state index contributed by atoms with van der Waals surface area (Å²) in [6.07, 6.45) is 0.0264. The Morgan fingerprint density at radius 3 is 2.73 bits per heavy atom. The fourth-order valence-corrected chi connectivity index (χ4v) is 2.18. The molecule has 0 saturated heterocycles. The van der Waals surface area contributed by atoms with Crippen LogP contribution in [0, 0.1) is 0 Å². The number of amides is 1. The van der Waals surface area contributed by atoms with E-state index in [9.17, 15) is 4.79 Å². The molecule has 2 aromatic carbocycles. The molecular weight excluding hydrogens is 282 g/mol. The van der Waals surface area contributed by atoms with Crippen LogP contribution in [0.15, 0.2) is 48.5 Å². The van der Waals surface area contributed by atoms with E-state index in [0.717, 1.165) is 0 Å². The number of carbonyl (C=O) groups excluding carboxylic acids is 1. The molecule has 0 spiro atoms. The van der Waals surface area contributed by atoms with E-state index in [2.05, 4.69) is 5.32 Å². The fourth-order valence-electron chi connectivity index (χ4n) is 2.18. The quantitative estimate of drug-likeness (QED) is 0.921.